The van der Waals surface area contributed by atoms with E-state index in [4.69, 9.17) is 9.72 Å². The van der Waals surface area contributed by atoms with Crippen LogP contribution in [0.5, 0.6) is 0 Å². The summed E-state index contributed by atoms with van der Waals surface area (Å²) in [7, 11) is 0. The van der Waals surface area contributed by atoms with E-state index >= 15 is 0 Å². The van der Waals surface area contributed by atoms with E-state index in [-0.39, 0.29) is 11.9 Å². The van der Waals surface area contributed by atoms with Crippen molar-refractivity contribution in [2.24, 2.45) is 0 Å². The van der Waals surface area contributed by atoms with Gasteiger partial charge in [-0.15, -0.1) is 22.7 Å². The van der Waals surface area contributed by atoms with Gasteiger partial charge in [0.25, 0.3) is 0 Å². The molecule has 0 aliphatic carbocycles. The third-order valence-corrected chi connectivity index (χ3v) is 7.19. The van der Waals surface area contributed by atoms with Crippen LogP contribution in [0.4, 0.5) is 4.79 Å². The third kappa shape index (κ3) is 3.56. The Kier molecular flexibility index (Phi) is 5.46. The van der Waals surface area contributed by atoms with E-state index in [0.29, 0.717) is 32.5 Å². The average Bonchev–Trinajstić information content (AvgIpc) is 3.27. The van der Waals surface area contributed by atoms with E-state index in [1.165, 1.54) is 5.56 Å². The second kappa shape index (κ2) is 8.01. The van der Waals surface area contributed by atoms with Gasteiger partial charge in [0.1, 0.15) is 10.8 Å². The summed E-state index contributed by atoms with van der Waals surface area (Å²) in [6, 6.07) is 8.11. The van der Waals surface area contributed by atoms with Gasteiger partial charge in [-0.25, -0.2) is 9.78 Å². The number of hydrogen-bond donors (Lipinski definition) is 0. The van der Waals surface area contributed by atoms with E-state index in [1.54, 1.807) is 27.6 Å². The van der Waals surface area contributed by atoms with E-state index in [9.17, 15) is 9.59 Å². The van der Waals surface area contributed by atoms with Crippen LogP contribution in [0.25, 0.3) is 20.8 Å². The number of amides is 1. The predicted molar refractivity (Wildman–Crippen MR) is 113 cm³/mol. The molecule has 3 heterocycles. The maximum atomic E-state index is 12.2. The summed E-state index contributed by atoms with van der Waals surface area (Å²) in [5.74, 6) is 0.225. The molecule has 2 aromatic heterocycles. The summed E-state index contributed by atoms with van der Waals surface area (Å²) in [4.78, 5) is 33.2. The lowest BCUT2D eigenvalue weighted by Crippen LogP contribution is -2.35. The Balaban J connectivity index is 1.76. The molecule has 1 amide bonds. The lowest BCUT2D eigenvalue weighted by Gasteiger charge is -2.26. The van der Waals surface area contributed by atoms with Crippen LogP contribution in [0.3, 0.4) is 0 Å². The van der Waals surface area contributed by atoms with Crippen LogP contribution < -0.4 is 0 Å². The molecule has 0 saturated carbocycles. The van der Waals surface area contributed by atoms with Crippen molar-refractivity contribution in [2.45, 2.75) is 39.7 Å². The average molecular weight is 415 g/mol. The number of Topliss-reactive ketones (excluding diaryl/α,β-unsaturated/α-hetero) is 1. The van der Waals surface area contributed by atoms with Crippen molar-refractivity contribution in [1.29, 1.82) is 0 Å². The summed E-state index contributed by atoms with van der Waals surface area (Å²) >= 11 is 3.32. The number of nitrogens with zero attached hydrogens (tertiary/aromatic N) is 2. The normalized spacial score (nSPS) is 13.6. The van der Waals surface area contributed by atoms with Gasteiger partial charge in [-0.1, -0.05) is 19.1 Å². The number of aromatic nitrogens is 1. The fourth-order valence-corrected chi connectivity index (χ4v) is 6.02. The predicted octanol–water partition coefficient (Wildman–Crippen LogP) is 5.06. The van der Waals surface area contributed by atoms with Crippen LogP contribution in [0.2, 0.25) is 0 Å². The highest BCUT2D eigenvalue weighted by Crippen LogP contribution is 2.43. The Morgan fingerprint density at radius 3 is 2.79 bits per heavy atom. The number of carbonyl (C=O) groups excluding carboxylic acids is 2. The second-order valence-corrected chi connectivity index (χ2v) is 8.95. The quantitative estimate of drug-likeness (QED) is 0.585. The molecule has 0 saturated heterocycles. The molecule has 3 aromatic rings. The molecule has 7 heteroatoms. The number of ketones is 1. The Morgan fingerprint density at radius 2 is 2.04 bits per heavy atom. The molecular weight excluding hydrogens is 392 g/mol. The van der Waals surface area contributed by atoms with Crippen LogP contribution in [0, 0.1) is 0 Å². The summed E-state index contributed by atoms with van der Waals surface area (Å²) in [6.07, 6.45) is 1.44. The fourth-order valence-electron chi connectivity index (χ4n) is 3.49. The zero-order valence-corrected chi connectivity index (χ0v) is 17.6. The summed E-state index contributed by atoms with van der Waals surface area (Å²) in [5, 5.41) is 0.974. The number of rotatable bonds is 5. The maximum Gasteiger partial charge on any atom is 0.410 e. The number of carbonyl (C=O) groups is 2. The molecule has 0 spiro atoms. The molecule has 28 heavy (non-hydrogen) atoms. The van der Waals surface area contributed by atoms with Crippen molar-refractivity contribution in [2.75, 3.05) is 13.2 Å². The highest BCUT2D eigenvalue weighted by molar-refractivity contribution is 7.22. The number of para-hydroxylation sites is 1. The molecule has 0 bridgehead atoms. The highest BCUT2D eigenvalue weighted by atomic mass is 32.1. The largest absolute Gasteiger partial charge is 0.450 e. The lowest BCUT2D eigenvalue weighted by molar-refractivity contribution is -0.118. The van der Waals surface area contributed by atoms with E-state index in [0.717, 1.165) is 37.0 Å². The molecule has 146 valence electrons. The minimum absolute atomic E-state index is 0.225. The monoisotopic (exact) mass is 414 g/mol. The first-order valence-electron chi connectivity index (χ1n) is 9.53. The third-order valence-electron chi connectivity index (χ3n) is 4.92. The van der Waals surface area contributed by atoms with Crippen molar-refractivity contribution in [3.05, 3.63) is 39.6 Å². The van der Waals surface area contributed by atoms with Crippen molar-refractivity contribution < 1.29 is 14.3 Å². The highest BCUT2D eigenvalue weighted by Gasteiger charge is 2.29. The first kappa shape index (κ1) is 19.1. The summed E-state index contributed by atoms with van der Waals surface area (Å²) in [6.45, 7) is 5.26. The molecule has 5 nitrogen and oxygen atoms in total. The number of thiophene rings is 1. The lowest BCUT2D eigenvalue weighted by atomic mass is 10.0. The summed E-state index contributed by atoms with van der Waals surface area (Å²) in [5.41, 5.74) is 3.34. The summed E-state index contributed by atoms with van der Waals surface area (Å²) < 4.78 is 6.31. The Labute approximate surface area is 172 Å². The van der Waals surface area contributed by atoms with Crippen molar-refractivity contribution in [3.8, 4) is 10.6 Å². The van der Waals surface area contributed by atoms with Crippen molar-refractivity contribution >= 4 is 44.8 Å². The number of fused-ring (bicyclic) bond motifs is 2. The minimum Gasteiger partial charge on any atom is -0.450 e. The first-order chi connectivity index (χ1) is 13.6. The van der Waals surface area contributed by atoms with E-state index < -0.39 is 0 Å². The molecule has 0 radical (unpaired) electrons. The van der Waals surface area contributed by atoms with Crippen LogP contribution in [-0.4, -0.2) is 34.9 Å². The number of thiazole rings is 1. The molecule has 1 aliphatic rings. The zero-order chi connectivity index (χ0) is 19.7. The van der Waals surface area contributed by atoms with Crippen LogP contribution in [0.15, 0.2) is 24.3 Å². The topological polar surface area (TPSA) is 59.5 Å². The van der Waals surface area contributed by atoms with E-state index in [1.807, 2.05) is 32.0 Å². The molecule has 0 N–H and O–H groups in total. The van der Waals surface area contributed by atoms with Gasteiger partial charge in [-0.2, -0.15) is 0 Å². The zero-order valence-electron chi connectivity index (χ0n) is 16.0. The van der Waals surface area contributed by atoms with Gasteiger partial charge in [0.2, 0.25) is 0 Å². The number of ether oxygens (including phenoxy) is 1. The molecule has 0 unspecified atom stereocenters. The molecule has 1 aromatic carbocycles. The Morgan fingerprint density at radius 1 is 1.21 bits per heavy atom. The van der Waals surface area contributed by atoms with Gasteiger partial charge in [-0.3, -0.25) is 4.79 Å². The standard InChI is InChI=1S/C21H22N2O3S2/c1-3-13(24)11-17-19(20-22-15-7-5-6-8-16(15)28-20)14-9-10-23(12-18(14)27-17)21(25)26-4-2/h5-8H,3-4,9-12H2,1-2H3. The second-order valence-electron chi connectivity index (χ2n) is 6.73. The van der Waals surface area contributed by atoms with Gasteiger partial charge >= 0.3 is 6.09 Å². The van der Waals surface area contributed by atoms with Crippen molar-refractivity contribution in [1.82, 2.24) is 9.88 Å². The van der Waals surface area contributed by atoms with Crippen molar-refractivity contribution in [3.63, 3.8) is 0 Å². The molecule has 0 atom stereocenters. The van der Waals surface area contributed by atoms with E-state index in [2.05, 4.69) is 6.07 Å². The molecule has 0 fully saturated rings. The molecular formula is C21H22N2O3S2. The number of hydrogen-bond acceptors (Lipinski definition) is 6. The Hall–Kier alpha value is -2.25. The maximum absolute atomic E-state index is 12.2. The van der Waals surface area contributed by atoms with Gasteiger partial charge in [0.15, 0.2) is 0 Å². The van der Waals surface area contributed by atoms with Crippen LogP contribution in [-0.2, 0) is 28.9 Å². The van der Waals surface area contributed by atoms with Gasteiger partial charge in [0, 0.05) is 34.7 Å². The molecule has 4 rings (SSSR count). The SMILES string of the molecule is CCOC(=O)N1CCc2c(sc(CC(=O)CC)c2-c2nc3ccccc3s2)C1. The Bertz CT molecular complexity index is 1000. The smallest absolute Gasteiger partial charge is 0.410 e. The minimum atomic E-state index is -0.269. The first-order valence-corrected chi connectivity index (χ1v) is 11.2. The number of benzene rings is 1. The van der Waals surface area contributed by atoms with Gasteiger partial charge in [-0.05, 0) is 31.0 Å². The van der Waals surface area contributed by atoms with Gasteiger partial charge in [0.05, 0.1) is 23.4 Å². The van der Waals surface area contributed by atoms with Gasteiger partial charge < -0.3 is 9.64 Å². The fraction of sp³-hybridized carbons (Fsp3) is 0.381. The molecule has 1 aliphatic heterocycles. The van der Waals surface area contributed by atoms with Crippen LogP contribution in [0.1, 0.15) is 35.6 Å². The van der Waals surface area contributed by atoms with Crippen LogP contribution >= 0.6 is 22.7 Å².